The Morgan fingerprint density at radius 3 is 1.62 bits per heavy atom. The Morgan fingerprint density at radius 2 is 1.13 bits per heavy atom. The molecule has 0 bridgehead atoms. The molecule has 0 unspecified atom stereocenters. The molecule has 0 atom stereocenters. The molecule has 0 amide bonds. The fraction of sp³-hybridized carbons (Fsp3) is 0.500. The summed E-state index contributed by atoms with van der Waals surface area (Å²) in [6.07, 6.45) is -1.30. The van der Waals surface area contributed by atoms with Crippen LogP contribution in [0.1, 0.15) is 62.8 Å². The van der Waals surface area contributed by atoms with Gasteiger partial charge in [-0.1, -0.05) is 18.2 Å². The minimum atomic E-state index is -5.36. The van der Waals surface area contributed by atoms with E-state index >= 15 is 0 Å². The zero-order valence-corrected chi connectivity index (χ0v) is 20.7. The molecule has 2 aromatic carbocycles. The fourth-order valence-corrected chi connectivity index (χ4v) is 5.51. The lowest BCUT2D eigenvalue weighted by atomic mass is 9.77. The van der Waals surface area contributed by atoms with Gasteiger partial charge in [0.15, 0.2) is 11.6 Å². The van der Waals surface area contributed by atoms with Crippen LogP contribution in [0.5, 0.6) is 11.5 Å². The highest BCUT2D eigenvalue weighted by atomic mass is 19.4. The van der Waals surface area contributed by atoms with Gasteiger partial charge in [-0.15, -0.1) is 13.2 Å². The first-order valence-corrected chi connectivity index (χ1v) is 12.8. The summed E-state index contributed by atoms with van der Waals surface area (Å²) >= 11 is 0. The van der Waals surface area contributed by atoms with Crippen LogP contribution in [-0.2, 0) is 0 Å². The van der Waals surface area contributed by atoms with E-state index in [2.05, 4.69) is 9.47 Å². The second kappa shape index (κ2) is 11.7. The molecule has 0 aliphatic heterocycles. The average Bonchev–Trinajstić information content (AvgIpc) is 2.85. The second-order valence-corrected chi connectivity index (χ2v) is 10.2. The minimum Gasteiger partial charge on any atom is -0.432 e. The third kappa shape index (κ3) is 7.42. The van der Waals surface area contributed by atoms with Crippen molar-refractivity contribution in [2.45, 2.75) is 69.8 Å². The molecule has 0 aromatic heterocycles. The van der Waals surface area contributed by atoms with Gasteiger partial charge in [0.25, 0.3) is 0 Å². The van der Waals surface area contributed by atoms with Crippen molar-refractivity contribution in [3.63, 3.8) is 0 Å². The van der Waals surface area contributed by atoms with Crippen molar-refractivity contribution in [3.8, 4) is 11.5 Å². The summed E-state index contributed by atoms with van der Waals surface area (Å²) in [5.41, 5.74) is 0.137. The molecule has 2 fully saturated rings. The van der Waals surface area contributed by atoms with E-state index in [1.165, 1.54) is 18.2 Å². The fourth-order valence-electron chi connectivity index (χ4n) is 5.51. The maximum atomic E-state index is 14.7. The molecule has 4 rings (SSSR count). The van der Waals surface area contributed by atoms with Crippen molar-refractivity contribution in [2.24, 2.45) is 17.8 Å². The molecular formula is C28H27F9O2. The van der Waals surface area contributed by atoms with Crippen molar-refractivity contribution in [1.82, 2.24) is 0 Å². The number of alkyl halides is 5. The first-order chi connectivity index (χ1) is 18.3. The van der Waals surface area contributed by atoms with E-state index in [1.54, 1.807) is 0 Å². The summed E-state index contributed by atoms with van der Waals surface area (Å²) in [6.45, 7) is 0. The molecule has 0 spiro atoms. The second-order valence-electron chi connectivity index (χ2n) is 10.2. The molecule has 2 aromatic rings. The topological polar surface area (TPSA) is 18.5 Å². The number of ether oxygens (including phenoxy) is 2. The number of allylic oxidation sites excluding steroid dienone is 2. The monoisotopic (exact) mass is 566 g/mol. The van der Waals surface area contributed by atoms with Gasteiger partial charge in [-0.25, -0.2) is 17.6 Å². The van der Waals surface area contributed by atoms with Crippen molar-refractivity contribution in [1.29, 1.82) is 0 Å². The zero-order chi connectivity index (χ0) is 28.4. The van der Waals surface area contributed by atoms with E-state index in [9.17, 15) is 39.5 Å². The number of rotatable bonds is 7. The summed E-state index contributed by atoms with van der Waals surface area (Å²) in [7, 11) is 0. The lowest BCUT2D eigenvalue weighted by Crippen LogP contribution is -2.37. The minimum absolute atomic E-state index is 0.0486. The Morgan fingerprint density at radius 1 is 0.641 bits per heavy atom. The molecule has 0 saturated heterocycles. The third-order valence-electron chi connectivity index (χ3n) is 7.53. The highest BCUT2D eigenvalue weighted by Gasteiger charge is 2.44. The van der Waals surface area contributed by atoms with E-state index in [0.717, 1.165) is 12.8 Å². The maximum Gasteiger partial charge on any atom is 0.573 e. The molecule has 11 heteroatoms. The van der Waals surface area contributed by atoms with Crippen LogP contribution >= 0.6 is 0 Å². The first kappa shape index (κ1) is 29.1. The van der Waals surface area contributed by atoms with Crippen molar-refractivity contribution in [2.75, 3.05) is 0 Å². The van der Waals surface area contributed by atoms with Crippen LogP contribution in [0.15, 0.2) is 42.5 Å². The predicted octanol–water partition coefficient (Wildman–Crippen LogP) is 9.45. The van der Waals surface area contributed by atoms with Crippen LogP contribution in [-0.4, -0.2) is 12.5 Å². The Kier molecular flexibility index (Phi) is 8.75. The number of hydrogen-bond acceptors (Lipinski definition) is 2. The summed E-state index contributed by atoms with van der Waals surface area (Å²) in [5.74, 6) is -8.55. The van der Waals surface area contributed by atoms with E-state index in [1.807, 2.05) is 12.2 Å². The summed E-state index contributed by atoms with van der Waals surface area (Å²) in [4.78, 5) is 0. The van der Waals surface area contributed by atoms with Crippen molar-refractivity contribution < 1.29 is 49.0 Å². The summed E-state index contributed by atoms with van der Waals surface area (Å²) in [5, 5.41) is 0. The predicted molar refractivity (Wildman–Crippen MR) is 124 cm³/mol. The first-order valence-electron chi connectivity index (χ1n) is 12.8. The van der Waals surface area contributed by atoms with E-state index in [0.29, 0.717) is 25.7 Å². The van der Waals surface area contributed by atoms with Crippen LogP contribution in [0.4, 0.5) is 39.5 Å². The standard InChI is InChI=1S/C28H27F9O2/c29-21-2-1-3-22(30)25(21)18-10-6-16(7-11-18)4-5-17-8-12-19(13-9-17)27(33,34)38-20-14-23(31)26(24(32)15-20)39-28(35,36)37/h1-5,14-19H,6-13H2/b5-4+. The molecular weight excluding hydrogens is 539 g/mol. The third-order valence-corrected chi connectivity index (χ3v) is 7.53. The number of halogens is 9. The number of benzene rings is 2. The largest absolute Gasteiger partial charge is 0.573 e. The van der Waals surface area contributed by atoms with Crippen LogP contribution < -0.4 is 9.47 Å². The highest BCUT2D eigenvalue weighted by molar-refractivity contribution is 5.35. The Labute approximate surface area is 219 Å². The van der Waals surface area contributed by atoms with Gasteiger partial charge in [0.1, 0.15) is 17.4 Å². The zero-order valence-electron chi connectivity index (χ0n) is 20.7. The van der Waals surface area contributed by atoms with Gasteiger partial charge < -0.3 is 9.47 Å². The molecule has 39 heavy (non-hydrogen) atoms. The normalized spacial score (nSPS) is 24.6. The molecule has 0 radical (unpaired) electrons. The van der Waals surface area contributed by atoms with Crippen LogP contribution in [0.25, 0.3) is 0 Å². The quantitative estimate of drug-likeness (QED) is 0.246. The van der Waals surface area contributed by atoms with Gasteiger partial charge >= 0.3 is 12.5 Å². The SMILES string of the molecule is Fc1cc(OC(F)(F)C2CCC(/C=C/C3CCC(c4c(F)cccc4F)CC3)CC2)cc(F)c1OC(F)(F)F. The van der Waals surface area contributed by atoms with Gasteiger partial charge in [-0.05, 0) is 81.3 Å². The van der Waals surface area contributed by atoms with Crippen LogP contribution in [0, 0.1) is 41.0 Å². The Bertz CT molecular complexity index is 1120. The molecule has 2 aliphatic carbocycles. The molecule has 0 N–H and O–H groups in total. The van der Waals surface area contributed by atoms with Gasteiger partial charge in [-0.2, -0.15) is 8.78 Å². The van der Waals surface area contributed by atoms with Gasteiger partial charge in [0.2, 0.25) is 5.75 Å². The van der Waals surface area contributed by atoms with Gasteiger partial charge in [0.05, 0.1) is 5.92 Å². The molecule has 2 nitrogen and oxygen atoms in total. The lowest BCUT2D eigenvalue weighted by Gasteiger charge is -2.33. The van der Waals surface area contributed by atoms with E-state index < -0.39 is 53.2 Å². The Balaban J connectivity index is 1.27. The van der Waals surface area contributed by atoms with Crippen LogP contribution in [0.2, 0.25) is 0 Å². The smallest absolute Gasteiger partial charge is 0.432 e. The van der Waals surface area contributed by atoms with E-state index in [4.69, 9.17) is 0 Å². The number of hydrogen-bond donors (Lipinski definition) is 0. The van der Waals surface area contributed by atoms with Gasteiger partial charge in [-0.3, -0.25) is 0 Å². The summed E-state index contributed by atoms with van der Waals surface area (Å²) < 4.78 is 130. The molecule has 0 heterocycles. The van der Waals surface area contributed by atoms with Crippen molar-refractivity contribution in [3.05, 3.63) is 71.3 Å². The molecule has 214 valence electrons. The van der Waals surface area contributed by atoms with E-state index in [-0.39, 0.29) is 48.3 Å². The molecule has 2 aliphatic rings. The van der Waals surface area contributed by atoms with Crippen molar-refractivity contribution >= 4 is 0 Å². The average molecular weight is 567 g/mol. The van der Waals surface area contributed by atoms with Crippen LogP contribution in [0.3, 0.4) is 0 Å². The molecule has 2 saturated carbocycles. The maximum absolute atomic E-state index is 14.7. The lowest BCUT2D eigenvalue weighted by molar-refractivity contribution is -0.276. The Hall–Kier alpha value is -2.85. The van der Waals surface area contributed by atoms with Gasteiger partial charge in [0, 0.05) is 17.7 Å². The summed E-state index contributed by atoms with van der Waals surface area (Å²) in [6, 6.07) is 4.31. The highest BCUT2D eigenvalue weighted by Crippen LogP contribution is 2.43.